The minimum atomic E-state index is -0.542. The van der Waals surface area contributed by atoms with E-state index in [1.165, 1.54) is 0 Å². The van der Waals surface area contributed by atoms with E-state index in [9.17, 15) is 9.59 Å². The molecule has 8 N–H and O–H groups in total. The van der Waals surface area contributed by atoms with Crippen molar-refractivity contribution in [3.05, 3.63) is 22.3 Å². The lowest BCUT2D eigenvalue weighted by Gasteiger charge is -2.14. The van der Waals surface area contributed by atoms with Gasteiger partial charge in [0.05, 0.1) is 20.9 Å². The zero-order valence-electron chi connectivity index (χ0n) is 13.6. The highest BCUT2D eigenvalue weighted by molar-refractivity contribution is 14.1. The van der Waals surface area contributed by atoms with Gasteiger partial charge in [0.1, 0.15) is 0 Å². The molecule has 140 valence electrons. The molecule has 0 aliphatic carbocycles. The fourth-order valence-corrected chi connectivity index (χ4v) is 5.90. The first-order valence-corrected chi connectivity index (χ1v) is 11.0. The van der Waals surface area contributed by atoms with Gasteiger partial charge < -0.3 is 27.8 Å². The first-order valence-electron chi connectivity index (χ1n) is 7.74. The van der Waals surface area contributed by atoms with E-state index in [2.05, 4.69) is 78.4 Å². The first kappa shape index (κ1) is 23.1. The number of amides is 2. The standard InChI is InChI=1S/C15H22I3N5O2/c16-8-7-9(17)13(21)12(18)11(8)15(25)23-6-5-22-14(24)10(20)3-1-2-4-19/h7,10H,1-6,19-21H2,(H,22,24)(H,23,25). The molecule has 0 radical (unpaired) electrons. The van der Waals surface area contributed by atoms with Crippen molar-refractivity contribution in [1.29, 1.82) is 0 Å². The molecule has 25 heavy (non-hydrogen) atoms. The average molecular weight is 685 g/mol. The van der Waals surface area contributed by atoms with E-state index in [4.69, 9.17) is 17.2 Å². The molecule has 10 heteroatoms. The number of anilines is 1. The van der Waals surface area contributed by atoms with Crippen LogP contribution in [0.4, 0.5) is 5.69 Å². The third-order valence-corrected chi connectivity index (χ3v) is 6.31. The van der Waals surface area contributed by atoms with Crippen LogP contribution in [0.3, 0.4) is 0 Å². The van der Waals surface area contributed by atoms with Crippen LogP contribution < -0.4 is 27.8 Å². The number of benzene rings is 1. The third-order valence-electron chi connectivity index (χ3n) is 3.45. The third kappa shape index (κ3) is 7.30. The molecule has 0 spiro atoms. The second-order valence-corrected chi connectivity index (χ2v) is 8.78. The lowest BCUT2D eigenvalue weighted by molar-refractivity contribution is -0.122. The Labute approximate surface area is 188 Å². The summed E-state index contributed by atoms with van der Waals surface area (Å²) in [4.78, 5) is 24.2. The zero-order valence-corrected chi connectivity index (χ0v) is 20.1. The molecule has 1 rings (SSSR count). The summed E-state index contributed by atoms with van der Waals surface area (Å²) in [6, 6.07) is 1.33. The van der Waals surface area contributed by atoms with E-state index in [0.717, 1.165) is 23.6 Å². The fraction of sp³-hybridized carbons (Fsp3) is 0.467. The summed E-state index contributed by atoms with van der Waals surface area (Å²) < 4.78 is 2.49. The smallest absolute Gasteiger partial charge is 0.253 e. The highest BCUT2D eigenvalue weighted by Gasteiger charge is 2.18. The maximum Gasteiger partial charge on any atom is 0.253 e. The largest absolute Gasteiger partial charge is 0.397 e. The molecule has 0 heterocycles. The number of rotatable bonds is 9. The number of carbonyl (C=O) groups is 2. The molecule has 0 saturated heterocycles. The summed E-state index contributed by atoms with van der Waals surface area (Å²) in [6.45, 7) is 1.24. The molecule has 1 atom stereocenters. The summed E-state index contributed by atoms with van der Waals surface area (Å²) in [5, 5.41) is 5.52. The van der Waals surface area contributed by atoms with Crippen molar-refractivity contribution in [2.24, 2.45) is 11.5 Å². The van der Waals surface area contributed by atoms with Gasteiger partial charge in [-0.15, -0.1) is 0 Å². The monoisotopic (exact) mass is 685 g/mol. The van der Waals surface area contributed by atoms with Crippen molar-refractivity contribution in [3.63, 3.8) is 0 Å². The Bertz CT molecular complexity index is 628. The van der Waals surface area contributed by atoms with Crippen molar-refractivity contribution in [3.8, 4) is 0 Å². The van der Waals surface area contributed by atoms with Gasteiger partial charge >= 0.3 is 0 Å². The number of halogens is 3. The van der Waals surface area contributed by atoms with Crippen LogP contribution >= 0.6 is 67.8 Å². The second kappa shape index (κ2) is 11.7. The van der Waals surface area contributed by atoms with Crippen molar-refractivity contribution in [2.45, 2.75) is 25.3 Å². The molecule has 0 saturated carbocycles. The predicted molar refractivity (Wildman–Crippen MR) is 125 cm³/mol. The molecule has 2 amide bonds. The number of hydrogen-bond acceptors (Lipinski definition) is 5. The lowest BCUT2D eigenvalue weighted by Crippen LogP contribution is -2.43. The molecule has 1 aromatic rings. The lowest BCUT2D eigenvalue weighted by atomic mass is 10.1. The summed E-state index contributed by atoms with van der Waals surface area (Å²) >= 11 is 6.34. The average Bonchev–Trinajstić information content (AvgIpc) is 2.56. The maximum absolute atomic E-state index is 12.4. The maximum atomic E-state index is 12.4. The van der Waals surface area contributed by atoms with E-state index >= 15 is 0 Å². The number of nitrogens with one attached hydrogen (secondary N) is 2. The summed E-state index contributed by atoms with van der Waals surface area (Å²) in [6.07, 6.45) is 2.29. The van der Waals surface area contributed by atoms with Crippen LogP contribution in [-0.2, 0) is 4.79 Å². The van der Waals surface area contributed by atoms with E-state index < -0.39 is 6.04 Å². The molecule has 0 fully saturated rings. The van der Waals surface area contributed by atoms with E-state index in [0.29, 0.717) is 37.3 Å². The van der Waals surface area contributed by atoms with E-state index in [-0.39, 0.29) is 11.8 Å². The Balaban J connectivity index is 2.46. The van der Waals surface area contributed by atoms with Crippen LogP contribution in [0.2, 0.25) is 0 Å². The van der Waals surface area contributed by atoms with Crippen molar-refractivity contribution in [2.75, 3.05) is 25.4 Å². The van der Waals surface area contributed by atoms with Gasteiger partial charge in [-0.3, -0.25) is 9.59 Å². The second-order valence-electron chi connectivity index (χ2n) is 5.38. The van der Waals surface area contributed by atoms with Crippen LogP contribution in [0, 0.1) is 10.7 Å². The quantitative estimate of drug-likeness (QED) is 0.152. The normalized spacial score (nSPS) is 11.9. The van der Waals surface area contributed by atoms with E-state index in [1.807, 2.05) is 6.07 Å². The number of carbonyl (C=O) groups excluding carboxylic acids is 2. The zero-order chi connectivity index (χ0) is 19.0. The molecule has 0 bridgehead atoms. The number of nitrogen functional groups attached to an aromatic ring is 1. The van der Waals surface area contributed by atoms with Crippen LogP contribution in [-0.4, -0.2) is 37.5 Å². The molecule has 0 aromatic heterocycles. The highest BCUT2D eigenvalue weighted by Crippen LogP contribution is 2.29. The summed E-state index contributed by atoms with van der Waals surface area (Å²) in [5.41, 5.74) is 18.4. The van der Waals surface area contributed by atoms with Crippen LogP contribution in [0.1, 0.15) is 29.6 Å². The molecule has 1 unspecified atom stereocenters. The summed E-state index contributed by atoms with van der Waals surface area (Å²) in [7, 11) is 0. The Morgan fingerprint density at radius 3 is 2.36 bits per heavy atom. The number of hydrogen-bond donors (Lipinski definition) is 5. The van der Waals surface area contributed by atoms with Crippen LogP contribution in [0.15, 0.2) is 6.07 Å². The van der Waals surface area contributed by atoms with Gasteiger partial charge in [0.15, 0.2) is 0 Å². The SMILES string of the molecule is NCCCCC(N)C(=O)NCCNC(=O)c1c(I)cc(I)c(N)c1I. The van der Waals surface area contributed by atoms with Gasteiger partial charge in [-0.05, 0) is 93.2 Å². The minimum Gasteiger partial charge on any atom is -0.397 e. The van der Waals surface area contributed by atoms with Crippen molar-refractivity contribution < 1.29 is 9.59 Å². The highest BCUT2D eigenvalue weighted by atomic mass is 127. The molecule has 7 nitrogen and oxygen atoms in total. The van der Waals surface area contributed by atoms with Crippen LogP contribution in [0.25, 0.3) is 0 Å². The summed E-state index contributed by atoms with van der Waals surface area (Å²) in [5.74, 6) is -0.424. The Morgan fingerprint density at radius 1 is 1.08 bits per heavy atom. The Morgan fingerprint density at radius 2 is 1.72 bits per heavy atom. The number of nitrogens with two attached hydrogens (primary N) is 3. The van der Waals surface area contributed by atoms with Gasteiger partial charge in [-0.25, -0.2) is 0 Å². The van der Waals surface area contributed by atoms with Gasteiger partial charge in [0.25, 0.3) is 5.91 Å². The van der Waals surface area contributed by atoms with Crippen molar-refractivity contribution in [1.82, 2.24) is 10.6 Å². The number of unbranched alkanes of at least 4 members (excludes halogenated alkanes) is 1. The topological polar surface area (TPSA) is 136 Å². The van der Waals surface area contributed by atoms with Crippen molar-refractivity contribution >= 4 is 85.3 Å². The molecule has 0 aliphatic rings. The molecule has 0 aliphatic heterocycles. The molecular weight excluding hydrogens is 663 g/mol. The van der Waals surface area contributed by atoms with E-state index in [1.54, 1.807) is 0 Å². The Kier molecular flexibility index (Phi) is 10.8. The molecular formula is C15H22I3N5O2. The van der Waals surface area contributed by atoms with Gasteiger partial charge in [0.2, 0.25) is 5.91 Å². The minimum absolute atomic E-state index is 0.210. The van der Waals surface area contributed by atoms with Crippen LogP contribution in [0.5, 0.6) is 0 Å². The molecule has 1 aromatic carbocycles. The first-order chi connectivity index (χ1) is 11.8. The Hall–Kier alpha value is 0.0700. The predicted octanol–water partition coefficient (Wildman–Crippen LogP) is 1.38. The van der Waals surface area contributed by atoms with Gasteiger partial charge in [0, 0.05) is 20.2 Å². The fourth-order valence-electron chi connectivity index (χ4n) is 2.03. The van der Waals surface area contributed by atoms with Gasteiger partial charge in [-0.2, -0.15) is 0 Å². The van der Waals surface area contributed by atoms with Gasteiger partial charge in [-0.1, -0.05) is 6.42 Å².